The van der Waals surface area contributed by atoms with Crippen LogP contribution in [0.2, 0.25) is 0 Å². The van der Waals surface area contributed by atoms with Crippen LogP contribution in [0, 0.1) is 82.1 Å². The molecule has 8 N–H and O–H groups in total. The van der Waals surface area contributed by atoms with Gasteiger partial charge in [0.25, 0.3) is 23.9 Å². The van der Waals surface area contributed by atoms with E-state index in [1.165, 1.54) is 0 Å². The maximum Gasteiger partial charge on any atom is 2.00 e. The van der Waals surface area contributed by atoms with Crippen LogP contribution < -0.4 is 11.5 Å². The molecular formula is C10H26CaCeCoN2O8Sm. The van der Waals surface area contributed by atoms with E-state index >= 15 is 0 Å². The van der Waals surface area contributed by atoms with Gasteiger partial charge in [-0.1, -0.05) is 0 Å². The molecule has 0 aromatic rings. The second-order valence-corrected chi connectivity index (χ2v) is 2.65. The van der Waals surface area contributed by atoms with Crippen LogP contribution in [0.15, 0.2) is 0 Å². The number of carboxylic acid groups (broad SMARTS) is 4. The fraction of sp³-hybridized carbons (Fsp3) is 0.600. The summed E-state index contributed by atoms with van der Waals surface area (Å²) in [5.41, 5.74) is 9.81. The smallest absolute Gasteiger partial charge is 1.00 e. The minimum Gasteiger partial charge on any atom is -1.00 e. The Bertz CT molecular complexity index is 223. The first-order chi connectivity index (χ1) is 8.84. The molecule has 0 aliphatic rings. The summed E-state index contributed by atoms with van der Waals surface area (Å²) in [7, 11) is 0. The predicted molar refractivity (Wildman–Crippen MR) is 79.3 cm³/mol. The van der Waals surface area contributed by atoms with Crippen LogP contribution >= 0.6 is 0 Å². The van der Waals surface area contributed by atoms with Gasteiger partial charge in [0.2, 0.25) is 0 Å². The van der Waals surface area contributed by atoms with Gasteiger partial charge in [0.1, 0.15) is 0 Å². The van der Waals surface area contributed by atoms with Crippen LogP contribution in [0.1, 0.15) is 30.5 Å². The Balaban J connectivity index is -0.0000000114. The van der Waals surface area contributed by atoms with Crippen molar-refractivity contribution in [3.63, 3.8) is 0 Å². The summed E-state index contributed by atoms with van der Waals surface area (Å²) in [5, 5.41) is 29.7. The van der Waals surface area contributed by atoms with Crippen molar-refractivity contribution in [2.75, 3.05) is 13.1 Å². The molecule has 0 unspecified atom stereocenters. The monoisotopic (exact) mass is 693 g/mol. The van der Waals surface area contributed by atoms with Crippen LogP contribution in [-0.4, -0.2) is 95.1 Å². The van der Waals surface area contributed by atoms with Crippen LogP contribution in [0.3, 0.4) is 0 Å². The fourth-order valence-corrected chi connectivity index (χ4v) is 0. The fourth-order valence-electron chi connectivity index (χ4n) is 0. The number of nitrogens with two attached hydrogens (primary N) is 2. The molecule has 0 aliphatic heterocycles. The van der Waals surface area contributed by atoms with E-state index in [9.17, 15) is 0 Å². The van der Waals surface area contributed by atoms with Gasteiger partial charge in [-0.25, -0.2) is 0 Å². The zero-order chi connectivity index (χ0) is 17.7. The number of carboxylic acids is 4. The van der Waals surface area contributed by atoms with E-state index in [1.54, 1.807) is 0 Å². The van der Waals surface area contributed by atoms with Gasteiger partial charge in [-0.05, 0) is 0 Å². The minimum atomic E-state index is -0.833. The Labute approximate surface area is 250 Å². The van der Waals surface area contributed by atoms with Gasteiger partial charge >= 0.3 is 37.7 Å². The van der Waals surface area contributed by atoms with Crippen molar-refractivity contribution in [1.82, 2.24) is 0 Å². The maximum atomic E-state index is 9.00. The summed E-state index contributed by atoms with van der Waals surface area (Å²) >= 11 is 0. The molecule has 0 bridgehead atoms. The Hall–Kier alpha value is 2.28. The van der Waals surface area contributed by atoms with Gasteiger partial charge in [0.15, 0.2) is 0 Å². The average molecular weight is 692 g/mol. The van der Waals surface area contributed by atoms with E-state index in [0.29, 0.717) is 13.1 Å². The molecule has 0 saturated carbocycles. The van der Waals surface area contributed by atoms with Crippen molar-refractivity contribution in [2.45, 2.75) is 27.7 Å². The molecule has 0 saturated heterocycles. The Kier molecular flexibility index (Phi) is 132. The quantitative estimate of drug-likeness (QED) is 0.188. The van der Waals surface area contributed by atoms with Crippen molar-refractivity contribution >= 4 is 61.6 Å². The van der Waals surface area contributed by atoms with E-state index < -0.39 is 23.9 Å². The first-order valence-corrected chi connectivity index (χ1v) is 5.03. The topological polar surface area (TPSA) is 201 Å². The Morgan fingerprint density at radius 1 is 0.708 bits per heavy atom. The SMILES string of the molecule is CC(=O)O.CC(=O)O.CC(=O)O.CC(=O)O.NCCN.[Ca+2].[Ce].[Co].[H-].[H-].[Sm]. The molecular weight excluding hydrogens is 666 g/mol. The standard InChI is InChI=1S/C2H8N2.4C2H4O2.Ca.Ce.Co.Sm.2H/c3-1-2-4;4*1-2(3)4;;;;;;/h1-4H2;4*1H3,(H,3,4);;;;;;/q;;;;;+2;;;;2*-1. The first kappa shape index (κ1) is 56.2. The molecule has 0 atom stereocenters. The van der Waals surface area contributed by atoms with Gasteiger partial charge in [-0.2, -0.15) is 0 Å². The molecule has 0 fully saturated rings. The molecule has 1 radical (unpaired) electrons. The molecule has 10 nitrogen and oxygen atoms in total. The third-order valence-corrected chi connectivity index (χ3v) is 0.167. The van der Waals surface area contributed by atoms with Gasteiger partial charge < -0.3 is 34.7 Å². The molecule has 0 amide bonds. The molecule has 0 heterocycles. The number of aliphatic carboxylic acids is 4. The summed E-state index contributed by atoms with van der Waals surface area (Å²) in [6.45, 7) is 5.53. The van der Waals surface area contributed by atoms with E-state index in [4.69, 9.17) is 51.1 Å². The Morgan fingerprint density at radius 2 is 0.750 bits per heavy atom. The summed E-state index contributed by atoms with van der Waals surface area (Å²) < 4.78 is 0. The van der Waals surface area contributed by atoms with Crippen molar-refractivity contribution in [2.24, 2.45) is 11.5 Å². The third-order valence-electron chi connectivity index (χ3n) is 0.167. The van der Waals surface area contributed by atoms with Crippen LogP contribution in [0.4, 0.5) is 0 Å². The van der Waals surface area contributed by atoms with Crippen molar-refractivity contribution < 1.29 is 141 Å². The van der Waals surface area contributed by atoms with Crippen LogP contribution in [-0.2, 0) is 36.0 Å². The second-order valence-electron chi connectivity index (χ2n) is 2.65. The molecule has 0 aromatic carbocycles. The van der Waals surface area contributed by atoms with Gasteiger partial charge in [-0.3, -0.25) is 19.2 Å². The van der Waals surface area contributed by atoms with Gasteiger partial charge in [0.05, 0.1) is 0 Å². The largest absolute Gasteiger partial charge is 2.00 e. The number of hydrogen-bond donors (Lipinski definition) is 6. The molecule has 24 heavy (non-hydrogen) atoms. The van der Waals surface area contributed by atoms with Crippen molar-refractivity contribution in [3.05, 3.63) is 0 Å². The molecule has 14 heteroatoms. The number of carbonyl (C=O) groups is 4. The van der Waals surface area contributed by atoms with E-state index in [2.05, 4.69) is 0 Å². The zero-order valence-corrected chi connectivity index (χ0v) is 22.9. The van der Waals surface area contributed by atoms with Gasteiger partial charge in [-0.15, -0.1) is 0 Å². The van der Waals surface area contributed by atoms with Gasteiger partial charge in [0, 0.05) is 140 Å². The van der Waals surface area contributed by atoms with Crippen LogP contribution in [0.5, 0.6) is 0 Å². The molecule has 0 rings (SSSR count). The summed E-state index contributed by atoms with van der Waals surface area (Å²) in [6.07, 6.45) is 0. The maximum absolute atomic E-state index is 9.00. The van der Waals surface area contributed by atoms with E-state index in [-0.39, 0.29) is 140 Å². The third kappa shape index (κ3) is 1220. The summed E-state index contributed by atoms with van der Waals surface area (Å²) in [5.74, 6) is -3.33. The zero-order valence-electron chi connectivity index (χ0n) is 15.9. The summed E-state index contributed by atoms with van der Waals surface area (Å²) in [4.78, 5) is 36.0. The average Bonchev–Trinajstić information content (AvgIpc) is 2.13. The number of hydrogen-bond acceptors (Lipinski definition) is 6. The van der Waals surface area contributed by atoms with Crippen molar-refractivity contribution in [3.8, 4) is 0 Å². The molecule has 0 spiro atoms. The predicted octanol–water partition coefficient (Wildman–Crippen LogP) is -0.891. The molecule has 0 aliphatic carbocycles. The Morgan fingerprint density at radius 3 is 0.750 bits per heavy atom. The second kappa shape index (κ2) is 56.2. The first-order valence-electron chi connectivity index (χ1n) is 5.03. The molecule has 145 valence electrons. The minimum absolute atomic E-state index is 0. The van der Waals surface area contributed by atoms with Crippen LogP contribution in [0.25, 0.3) is 0 Å². The normalized spacial score (nSPS) is 5.42. The van der Waals surface area contributed by atoms with E-state index in [1.807, 2.05) is 0 Å². The number of rotatable bonds is 1. The summed E-state index contributed by atoms with van der Waals surface area (Å²) in [6, 6.07) is 0. The van der Waals surface area contributed by atoms with E-state index in [0.717, 1.165) is 27.7 Å². The van der Waals surface area contributed by atoms with Crippen molar-refractivity contribution in [1.29, 1.82) is 0 Å². The molecule has 0 aromatic heterocycles.